The van der Waals surface area contributed by atoms with Crippen LogP contribution in [0.1, 0.15) is 57.1 Å². The van der Waals surface area contributed by atoms with Gasteiger partial charge in [0.25, 0.3) is 0 Å². The molecule has 0 aromatic heterocycles. The molecular weight excluding hydrogens is 518 g/mol. The summed E-state index contributed by atoms with van der Waals surface area (Å²) in [5.41, 5.74) is 1.59. The SMILES string of the molecule is CCCCCCC(C)C(=O)OC1NCC12CN(Cc1ccccc1)CC2C(=O)N1C(=O)OC[C@@H]1Cc1ccccc1. The number of nitrogens with one attached hydrogen (secondary N) is 1. The standard InChI is InChI=1S/C33H43N3O5/c1-3-4-5-8-13-24(2)30(38)41-31-33(22-34-31)23-35(19-26-16-11-7-12-17-26)20-28(33)29(37)36-27(21-40-32(36)39)18-25-14-9-6-10-15-25/h6-7,9-12,14-17,24,27-28,31,34H,3-5,8,13,18-23H2,1-2H3/t24?,27-,28?,31?,33?/m0/s1. The second-order valence-electron chi connectivity index (χ2n) is 12.0. The van der Waals surface area contributed by atoms with Gasteiger partial charge in [-0.25, -0.2) is 9.69 Å². The third-order valence-corrected chi connectivity index (χ3v) is 8.98. The first kappa shape index (κ1) is 29.3. The zero-order chi connectivity index (χ0) is 28.8. The lowest BCUT2D eigenvalue weighted by molar-refractivity contribution is -0.183. The highest BCUT2D eigenvalue weighted by Gasteiger charge is 2.63. The Morgan fingerprint density at radius 1 is 1.05 bits per heavy atom. The van der Waals surface area contributed by atoms with E-state index in [0.717, 1.165) is 36.8 Å². The zero-order valence-corrected chi connectivity index (χ0v) is 24.3. The summed E-state index contributed by atoms with van der Waals surface area (Å²) in [6, 6.07) is 19.6. The largest absolute Gasteiger partial charge is 0.447 e. The van der Waals surface area contributed by atoms with E-state index in [-0.39, 0.29) is 30.4 Å². The van der Waals surface area contributed by atoms with E-state index in [1.165, 1.54) is 11.3 Å². The van der Waals surface area contributed by atoms with Crippen LogP contribution in [0.15, 0.2) is 60.7 Å². The fraction of sp³-hybridized carbons (Fsp3) is 0.545. The molecule has 0 bridgehead atoms. The smallest absolute Gasteiger partial charge is 0.416 e. The average Bonchev–Trinajstić information content (AvgIpc) is 3.55. The maximum Gasteiger partial charge on any atom is 0.416 e. The number of esters is 1. The molecule has 5 atom stereocenters. The molecule has 3 aliphatic heterocycles. The first-order chi connectivity index (χ1) is 19.9. The van der Waals surface area contributed by atoms with Gasteiger partial charge in [-0.15, -0.1) is 0 Å². The molecule has 8 nitrogen and oxygen atoms in total. The van der Waals surface area contributed by atoms with Crippen molar-refractivity contribution in [3.8, 4) is 0 Å². The first-order valence-electron chi connectivity index (χ1n) is 15.1. The summed E-state index contributed by atoms with van der Waals surface area (Å²) in [5, 5.41) is 3.31. The van der Waals surface area contributed by atoms with Crippen molar-refractivity contribution < 1.29 is 23.9 Å². The normalized spacial score (nSPS) is 26.5. The third-order valence-electron chi connectivity index (χ3n) is 8.98. The fourth-order valence-corrected chi connectivity index (χ4v) is 6.53. The molecule has 41 heavy (non-hydrogen) atoms. The van der Waals surface area contributed by atoms with Gasteiger partial charge >= 0.3 is 12.1 Å². The molecule has 220 valence electrons. The Bertz CT molecular complexity index is 1190. The Kier molecular flexibility index (Phi) is 9.40. The summed E-state index contributed by atoms with van der Waals surface area (Å²) >= 11 is 0. The van der Waals surface area contributed by atoms with Crippen LogP contribution in [0.2, 0.25) is 0 Å². The van der Waals surface area contributed by atoms with E-state index in [2.05, 4.69) is 29.3 Å². The Balaban J connectivity index is 1.33. The lowest BCUT2D eigenvalue weighted by Gasteiger charge is -2.50. The second-order valence-corrected chi connectivity index (χ2v) is 12.0. The quantitative estimate of drug-likeness (QED) is 0.295. The van der Waals surface area contributed by atoms with Gasteiger partial charge in [-0.3, -0.25) is 19.8 Å². The van der Waals surface area contributed by atoms with Gasteiger partial charge in [0.2, 0.25) is 5.91 Å². The first-order valence-corrected chi connectivity index (χ1v) is 15.1. The van der Waals surface area contributed by atoms with Crippen molar-refractivity contribution in [2.45, 2.75) is 71.2 Å². The van der Waals surface area contributed by atoms with Crippen LogP contribution in [-0.4, -0.2) is 66.3 Å². The van der Waals surface area contributed by atoms with Crippen LogP contribution >= 0.6 is 0 Å². The van der Waals surface area contributed by atoms with Gasteiger partial charge in [0.1, 0.15) is 6.61 Å². The molecule has 3 heterocycles. The van der Waals surface area contributed by atoms with Crippen LogP contribution in [0.4, 0.5) is 4.79 Å². The summed E-state index contributed by atoms with van der Waals surface area (Å²) in [6.45, 7) is 6.58. The van der Waals surface area contributed by atoms with Crippen LogP contribution in [0.25, 0.3) is 0 Å². The monoisotopic (exact) mass is 561 g/mol. The van der Waals surface area contributed by atoms with Gasteiger partial charge in [-0.05, 0) is 24.0 Å². The summed E-state index contributed by atoms with van der Waals surface area (Å²) in [7, 11) is 0. The number of imide groups is 1. The topological polar surface area (TPSA) is 88.2 Å². The molecule has 3 saturated heterocycles. The molecule has 1 N–H and O–H groups in total. The molecule has 0 radical (unpaired) electrons. The number of cyclic esters (lactones) is 1. The van der Waals surface area contributed by atoms with Gasteiger partial charge in [-0.1, -0.05) is 100 Å². The maximum absolute atomic E-state index is 14.3. The number of hydrogen-bond donors (Lipinski definition) is 1. The van der Waals surface area contributed by atoms with Crippen molar-refractivity contribution in [3.05, 3.63) is 71.8 Å². The molecule has 2 aromatic rings. The molecular formula is C33H43N3O5. The Morgan fingerprint density at radius 3 is 2.41 bits per heavy atom. The van der Waals surface area contributed by atoms with Gasteiger partial charge in [-0.2, -0.15) is 0 Å². The molecule has 2 amide bonds. The predicted molar refractivity (Wildman–Crippen MR) is 156 cm³/mol. The molecule has 1 spiro atoms. The van der Waals surface area contributed by atoms with Crippen LogP contribution in [0.3, 0.4) is 0 Å². The van der Waals surface area contributed by atoms with Crippen molar-refractivity contribution in [3.63, 3.8) is 0 Å². The number of nitrogens with zero attached hydrogens (tertiary/aromatic N) is 2. The summed E-state index contributed by atoms with van der Waals surface area (Å²) in [5.74, 6) is -1.17. The lowest BCUT2D eigenvalue weighted by atomic mass is 9.70. The van der Waals surface area contributed by atoms with Crippen molar-refractivity contribution in [1.29, 1.82) is 0 Å². The molecule has 3 fully saturated rings. The van der Waals surface area contributed by atoms with E-state index >= 15 is 0 Å². The van der Waals surface area contributed by atoms with E-state index in [4.69, 9.17) is 9.47 Å². The highest BCUT2D eigenvalue weighted by atomic mass is 16.6. The number of unbranched alkanes of at least 4 members (excludes halogenated alkanes) is 3. The summed E-state index contributed by atoms with van der Waals surface area (Å²) < 4.78 is 11.5. The van der Waals surface area contributed by atoms with Crippen LogP contribution in [0, 0.1) is 17.3 Å². The summed E-state index contributed by atoms with van der Waals surface area (Å²) in [6.07, 6.45) is 4.60. The second kappa shape index (κ2) is 13.2. The van der Waals surface area contributed by atoms with Gasteiger partial charge in [0, 0.05) is 26.2 Å². The molecule has 3 aliphatic rings. The minimum absolute atomic E-state index is 0.180. The molecule has 5 rings (SSSR count). The molecule has 4 unspecified atom stereocenters. The number of hydrogen-bond acceptors (Lipinski definition) is 7. The molecule has 8 heteroatoms. The molecule has 2 aromatic carbocycles. The van der Waals surface area contributed by atoms with E-state index in [9.17, 15) is 14.4 Å². The van der Waals surface area contributed by atoms with Crippen molar-refractivity contribution in [1.82, 2.24) is 15.1 Å². The highest BCUT2D eigenvalue weighted by Crippen LogP contribution is 2.46. The van der Waals surface area contributed by atoms with Gasteiger partial charge in [0.15, 0.2) is 6.23 Å². The number of carbonyl (C=O) groups is 3. The van der Waals surface area contributed by atoms with Crippen molar-refractivity contribution in [2.75, 3.05) is 26.2 Å². The van der Waals surface area contributed by atoms with E-state index in [1.807, 2.05) is 55.5 Å². The molecule has 0 saturated carbocycles. The number of carbonyl (C=O) groups excluding carboxylic acids is 3. The fourth-order valence-electron chi connectivity index (χ4n) is 6.53. The average molecular weight is 562 g/mol. The predicted octanol–water partition coefficient (Wildman–Crippen LogP) is 4.77. The van der Waals surface area contributed by atoms with Gasteiger partial charge < -0.3 is 9.47 Å². The minimum atomic E-state index is -0.608. The number of amides is 2. The zero-order valence-electron chi connectivity index (χ0n) is 24.3. The Hall–Kier alpha value is -3.23. The van der Waals surface area contributed by atoms with Crippen LogP contribution < -0.4 is 5.32 Å². The molecule has 0 aliphatic carbocycles. The summed E-state index contributed by atoms with van der Waals surface area (Å²) in [4.78, 5) is 43.9. The van der Waals surface area contributed by atoms with Crippen molar-refractivity contribution >= 4 is 18.0 Å². The Labute approximate surface area is 243 Å². The third kappa shape index (κ3) is 6.49. The Morgan fingerprint density at radius 2 is 1.76 bits per heavy atom. The van der Waals surface area contributed by atoms with E-state index in [1.54, 1.807) is 0 Å². The maximum atomic E-state index is 14.3. The van der Waals surface area contributed by atoms with Crippen LogP contribution in [0.5, 0.6) is 0 Å². The van der Waals surface area contributed by atoms with Crippen molar-refractivity contribution in [2.24, 2.45) is 17.3 Å². The van der Waals surface area contributed by atoms with E-state index in [0.29, 0.717) is 32.6 Å². The number of rotatable bonds is 12. The minimum Gasteiger partial charge on any atom is -0.447 e. The number of benzene rings is 2. The highest BCUT2D eigenvalue weighted by molar-refractivity contribution is 5.95. The van der Waals surface area contributed by atoms with E-state index < -0.39 is 23.7 Å². The van der Waals surface area contributed by atoms with Gasteiger partial charge in [0.05, 0.1) is 23.3 Å². The van der Waals surface area contributed by atoms with Crippen LogP contribution in [-0.2, 0) is 32.0 Å². The number of ether oxygens (including phenoxy) is 2. The lowest BCUT2D eigenvalue weighted by Crippen LogP contribution is -2.69. The number of likely N-dealkylation sites (tertiary alicyclic amines) is 1.